The van der Waals surface area contributed by atoms with Crippen LogP contribution in [0.4, 0.5) is 0 Å². The van der Waals surface area contributed by atoms with Crippen molar-refractivity contribution in [1.29, 1.82) is 0 Å². The van der Waals surface area contributed by atoms with Gasteiger partial charge in [-0.25, -0.2) is 4.99 Å². The standard InChI is InChI=1S/C14H25Cl3INO2Si/c1-7-9(18)11-10(21-22(5,6)13(2,3)4)8-20-12(19-11)14(15,16)17/h9-11H,7-8H2,1-6H3/t9-,10-,11+/m1/s1. The summed E-state index contributed by atoms with van der Waals surface area (Å²) in [4.78, 5) is 4.56. The van der Waals surface area contributed by atoms with Crippen LogP contribution in [0.2, 0.25) is 18.1 Å². The van der Waals surface area contributed by atoms with Gasteiger partial charge in [0.1, 0.15) is 12.7 Å². The summed E-state index contributed by atoms with van der Waals surface area (Å²) in [7, 11) is -1.91. The molecule has 22 heavy (non-hydrogen) atoms. The molecule has 0 fully saturated rings. The average molecular weight is 501 g/mol. The van der Waals surface area contributed by atoms with Crippen LogP contribution in [0, 0.1) is 0 Å². The normalized spacial score (nSPS) is 25.5. The lowest BCUT2D eigenvalue weighted by Gasteiger charge is -2.43. The molecule has 1 aliphatic heterocycles. The summed E-state index contributed by atoms with van der Waals surface area (Å²) in [6.45, 7) is 13.6. The Hall–Kier alpha value is 1.25. The van der Waals surface area contributed by atoms with Gasteiger partial charge in [0.25, 0.3) is 3.79 Å². The van der Waals surface area contributed by atoms with Crippen LogP contribution in [0.15, 0.2) is 4.99 Å². The Bertz CT molecular complexity index is 421. The molecule has 0 aliphatic carbocycles. The maximum absolute atomic E-state index is 6.51. The number of aliphatic imine (C=N–C) groups is 1. The van der Waals surface area contributed by atoms with Crippen LogP contribution in [-0.4, -0.2) is 40.7 Å². The SMILES string of the molecule is CC[C@@H](I)[C@@H]1N=C(C(Cl)(Cl)Cl)OC[C@H]1O[Si](C)(C)C(C)(C)C. The smallest absolute Gasteiger partial charge is 0.266 e. The zero-order valence-corrected chi connectivity index (χ0v) is 19.3. The molecule has 0 saturated heterocycles. The number of hydrogen-bond donors (Lipinski definition) is 0. The Labute approximate surface area is 163 Å². The third kappa shape index (κ3) is 5.38. The van der Waals surface area contributed by atoms with Crippen LogP contribution in [0.3, 0.4) is 0 Å². The zero-order valence-electron chi connectivity index (χ0n) is 13.9. The highest BCUT2D eigenvalue weighted by Crippen LogP contribution is 2.40. The zero-order chi connectivity index (χ0) is 17.3. The van der Waals surface area contributed by atoms with Gasteiger partial charge in [0.2, 0.25) is 5.90 Å². The van der Waals surface area contributed by atoms with Crippen LogP contribution in [0.25, 0.3) is 0 Å². The fourth-order valence-electron chi connectivity index (χ4n) is 1.88. The molecular formula is C14H25Cl3INO2Si. The molecule has 1 heterocycles. The summed E-state index contributed by atoms with van der Waals surface area (Å²) in [5.74, 6) is 0.174. The summed E-state index contributed by atoms with van der Waals surface area (Å²) in [6.07, 6.45) is 0.873. The fourth-order valence-corrected chi connectivity index (χ4v) is 4.14. The lowest BCUT2D eigenvalue weighted by molar-refractivity contribution is 0.0717. The van der Waals surface area contributed by atoms with Crippen molar-refractivity contribution in [3.05, 3.63) is 0 Å². The number of nitrogens with zero attached hydrogens (tertiary/aromatic N) is 1. The van der Waals surface area contributed by atoms with Crippen LogP contribution in [-0.2, 0) is 9.16 Å². The first-order chi connectivity index (χ1) is 9.79. The number of rotatable bonds is 4. The van der Waals surface area contributed by atoms with E-state index in [1.165, 1.54) is 0 Å². The van der Waals surface area contributed by atoms with Gasteiger partial charge in [0.15, 0.2) is 8.32 Å². The summed E-state index contributed by atoms with van der Waals surface area (Å²) in [6, 6.07) is -0.0564. The van der Waals surface area contributed by atoms with Crippen molar-refractivity contribution < 1.29 is 9.16 Å². The van der Waals surface area contributed by atoms with Gasteiger partial charge in [0, 0.05) is 3.92 Å². The van der Waals surface area contributed by atoms with E-state index in [4.69, 9.17) is 44.0 Å². The molecule has 0 radical (unpaired) electrons. The van der Waals surface area contributed by atoms with Gasteiger partial charge in [-0.2, -0.15) is 0 Å². The summed E-state index contributed by atoms with van der Waals surface area (Å²) < 4.78 is 10.8. The third-order valence-electron chi connectivity index (χ3n) is 4.29. The Morgan fingerprint density at radius 2 is 1.91 bits per heavy atom. The molecule has 3 atom stereocenters. The molecule has 3 nitrogen and oxygen atoms in total. The molecule has 0 N–H and O–H groups in total. The second-order valence-corrected chi connectivity index (χ2v) is 15.7. The Morgan fingerprint density at radius 3 is 2.32 bits per heavy atom. The van der Waals surface area contributed by atoms with Gasteiger partial charge in [0.05, 0.1) is 6.04 Å². The molecular weight excluding hydrogens is 476 g/mol. The monoisotopic (exact) mass is 499 g/mol. The molecule has 0 aromatic heterocycles. The van der Waals surface area contributed by atoms with E-state index < -0.39 is 12.1 Å². The second-order valence-electron chi connectivity index (χ2n) is 7.07. The largest absolute Gasteiger partial charge is 0.475 e. The van der Waals surface area contributed by atoms with Crippen LogP contribution >= 0.6 is 57.4 Å². The van der Waals surface area contributed by atoms with Crippen molar-refractivity contribution in [3.63, 3.8) is 0 Å². The minimum Gasteiger partial charge on any atom is -0.475 e. The van der Waals surface area contributed by atoms with E-state index in [0.29, 0.717) is 10.5 Å². The highest BCUT2D eigenvalue weighted by Gasteiger charge is 2.45. The number of alkyl halides is 4. The van der Waals surface area contributed by atoms with E-state index in [0.717, 1.165) is 6.42 Å². The van der Waals surface area contributed by atoms with E-state index in [2.05, 4.69) is 68.4 Å². The quantitative estimate of drug-likeness (QED) is 0.279. The Morgan fingerprint density at radius 1 is 1.36 bits per heavy atom. The van der Waals surface area contributed by atoms with Gasteiger partial charge in [-0.15, -0.1) is 0 Å². The lowest BCUT2D eigenvalue weighted by atomic mass is 10.1. The predicted molar refractivity (Wildman–Crippen MR) is 108 cm³/mol. The van der Waals surface area contributed by atoms with Gasteiger partial charge >= 0.3 is 0 Å². The van der Waals surface area contributed by atoms with Gasteiger partial charge in [-0.1, -0.05) is 85.1 Å². The predicted octanol–water partition coefficient (Wildman–Crippen LogP) is 5.76. The van der Waals surface area contributed by atoms with Crippen molar-refractivity contribution in [2.24, 2.45) is 4.99 Å². The molecule has 8 heteroatoms. The topological polar surface area (TPSA) is 30.8 Å². The molecule has 0 bridgehead atoms. The van der Waals surface area contributed by atoms with E-state index >= 15 is 0 Å². The Kier molecular flexibility index (Phi) is 7.40. The van der Waals surface area contributed by atoms with Crippen molar-refractivity contribution in [1.82, 2.24) is 0 Å². The summed E-state index contributed by atoms with van der Waals surface area (Å²) in [5, 5.41) is 0.129. The first-order valence-corrected chi connectivity index (χ1v) is 12.7. The van der Waals surface area contributed by atoms with E-state index in [1.54, 1.807) is 0 Å². The molecule has 0 amide bonds. The van der Waals surface area contributed by atoms with E-state index in [1.807, 2.05) is 0 Å². The maximum Gasteiger partial charge on any atom is 0.266 e. The first-order valence-electron chi connectivity index (χ1n) is 7.39. The van der Waals surface area contributed by atoms with Crippen molar-refractivity contribution in [3.8, 4) is 0 Å². The lowest BCUT2D eigenvalue weighted by Crippen LogP contribution is -2.52. The molecule has 0 unspecified atom stereocenters. The fraction of sp³-hybridized carbons (Fsp3) is 0.929. The van der Waals surface area contributed by atoms with Crippen LogP contribution < -0.4 is 0 Å². The van der Waals surface area contributed by atoms with Crippen molar-refractivity contribution in [2.45, 2.75) is 72.1 Å². The number of ether oxygens (including phenoxy) is 1. The molecule has 0 aromatic carbocycles. The molecule has 1 rings (SSSR count). The first kappa shape index (κ1) is 21.3. The number of halogens is 4. The maximum atomic E-state index is 6.51. The van der Waals surface area contributed by atoms with Crippen molar-refractivity contribution >= 4 is 71.6 Å². The molecule has 0 aromatic rings. The van der Waals surface area contributed by atoms with E-state index in [-0.39, 0.29) is 23.1 Å². The molecule has 0 spiro atoms. The molecule has 130 valence electrons. The minimum atomic E-state index is -1.91. The van der Waals surface area contributed by atoms with Gasteiger partial charge in [-0.05, 0) is 24.6 Å². The highest BCUT2D eigenvalue weighted by atomic mass is 127. The second kappa shape index (κ2) is 7.64. The molecule has 1 aliphatic rings. The van der Waals surface area contributed by atoms with Crippen molar-refractivity contribution in [2.75, 3.05) is 6.61 Å². The van der Waals surface area contributed by atoms with Gasteiger partial charge in [-0.3, -0.25) is 0 Å². The summed E-state index contributed by atoms with van der Waals surface area (Å²) in [5.41, 5.74) is 0. The van der Waals surface area contributed by atoms with Crippen LogP contribution in [0.5, 0.6) is 0 Å². The summed E-state index contributed by atoms with van der Waals surface area (Å²) >= 11 is 20.2. The van der Waals surface area contributed by atoms with E-state index in [9.17, 15) is 0 Å². The van der Waals surface area contributed by atoms with Crippen LogP contribution in [0.1, 0.15) is 34.1 Å². The van der Waals surface area contributed by atoms with Gasteiger partial charge < -0.3 is 9.16 Å². The number of hydrogen-bond acceptors (Lipinski definition) is 3. The average Bonchev–Trinajstić information content (AvgIpc) is 2.35. The molecule has 0 saturated carbocycles. The highest BCUT2D eigenvalue weighted by molar-refractivity contribution is 14.1. The third-order valence-corrected chi connectivity index (χ3v) is 10.9. The Balaban J connectivity index is 3.03. The minimum absolute atomic E-state index is 0.0564.